The van der Waals surface area contributed by atoms with Crippen molar-refractivity contribution < 1.29 is 9.32 Å². The Morgan fingerprint density at radius 3 is 2.85 bits per heavy atom. The summed E-state index contributed by atoms with van der Waals surface area (Å²) < 4.78 is 5.26. The summed E-state index contributed by atoms with van der Waals surface area (Å²) in [5, 5.41) is 7.11. The van der Waals surface area contributed by atoms with Crippen LogP contribution < -0.4 is 5.32 Å². The quantitative estimate of drug-likeness (QED) is 0.889. The van der Waals surface area contributed by atoms with Gasteiger partial charge < -0.3 is 14.7 Å². The van der Waals surface area contributed by atoms with Gasteiger partial charge in [-0.25, -0.2) is 0 Å². The number of amides is 1. The predicted molar refractivity (Wildman–Crippen MR) is 75.2 cm³/mol. The molecule has 0 aromatic carbocycles. The van der Waals surface area contributed by atoms with Gasteiger partial charge in [0.05, 0.1) is 6.04 Å². The van der Waals surface area contributed by atoms with Crippen LogP contribution in [0.15, 0.2) is 4.52 Å². The van der Waals surface area contributed by atoms with Gasteiger partial charge in [0.1, 0.15) is 0 Å². The number of hydrogen-bond donors (Lipinski definition) is 1. The lowest BCUT2D eigenvalue weighted by atomic mass is 10.1. The Balaban J connectivity index is 2.12. The molecule has 1 saturated heterocycles. The van der Waals surface area contributed by atoms with Crippen molar-refractivity contribution in [1.29, 1.82) is 0 Å². The van der Waals surface area contributed by atoms with E-state index in [9.17, 15) is 4.79 Å². The number of carbonyl (C=O) groups excluding carboxylic acids is 1. The molecule has 112 valence electrons. The van der Waals surface area contributed by atoms with Gasteiger partial charge in [0, 0.05) is 24.9 Å². The van der Waals surface area contributed by atoms with Gasteiger partial charge in [-0.2, -0.15) is 4.98 Å². The molecule has 1 aliphatic rings. The Bertz CT molecular complexity index is 458. The van der Waals surface area contributed by atoms with Crippen molar-refractivity contribution in [3.8, 4) is 0 Å². The fourth-order valence-corrected chi connectivity index (χ4v) is 2.59. The van der Waals surface area contributed by atoms with Gasteiger partial charge in [0.25, 0.3) is 0 Å². The van der Waals surface area contributed by atoms with Crippen molar-refractivity contribution in [1.82, 2.24) is 20.4 Å². The van der Waals surface area contributed by atoms with Crippen LogP contribution in [0.25, 0.3) is 0 Å². The fraction of sp³-hybridized carbons (Fsp3) is 0.786. The molecule has 1 aliphatic heterocycles. The molecule has 0 bridgehead atoms. The lowest BCUT2D eigenvalue weighted by Crippen LogP contribution is -2.38. The Morgan fingerprint density at radius 2 is 2.25 bits per heavy atom. The minimum atomic E-state index is -0.0305. The third-order valence-electron chi connectivity index (χ3n) is 3.72. The molecule has 0 spiro atoms. The zero-order valence-corrected chi connectivity index (χ0v) is 12.7. The summed E-state index contributed by atoms with van der Waals surface area (Å²) in [7, 11) is 1.86. The Labute approximate surface area is 119 Å². The van der Waals surface area contributed by atoms with E-state index in [4.69, 9.17) is 4.52 Å². The van der Waals surface area contributed by atoms with Crippen molar-refractivity contribution in [3.63, 3.8) is 0 Å². The molecular formula is C14H24N4O2. The second kappa shape index (κ2) is 6.35. The average molecular weight is 280 g/mol. The van der Waals surface area contributed by atoms with Gasteiger partial charge in [-0.05, 0) is 19.9 Å². The van der Waals surface area contributed by atoms with E-state index >= 15 is 0 Å². The second-order valence-corrected chi connectivity index (χ2v) is 5.79. The number of aromatic nitrogens is 2. The summed E-state index contributed by atoms with van der Waals surface area (Å²) in [4.78, 5) is 18.8. The summed E-state index contributed by atoms with van der Waals surface area (Å²) >= 11 is 0. The summed E-state index contributed by atoms with van der Waals surface area (Å²) in [5.74, 6) is 1.64. The number of likely N-dealkylation sites (tertiary alicyclic amines) is 1. The van der Waals surface area contributed by atoms with Crippen molar-refractivity contribution in [3.05, 3.63) is 11.7 Å². The number of carbonyl (C=O) groups is 1. The molecule has 2 unspecified atom stereocenters. The number of nitrogens with one attached hydrogen (secondary N) is 1. The second-order valence-electron chi connectivity index (χ2n) is 5.79. The average Bonchev–Trinajstić information content (AvgIpc) is 3.06. The molecule has 1 amide bonds. The third kappa shape index (κ3) is 3.00. The molecule has 6 heteroatoms. The van der Waals surface area contributed by atoms with E-state index in [-0.39, 0.29) is 23.8 Å². The summed E-state index contributed by atoms with van der Waals surface area (Å²) in [6.45, 7) is 7.45. The van der Waals surface area contributed by atoms with E-state index < -0.39 is 0 Å². The molecule has 1 fully saturated rings. The van der Waals surface area contributed by atoms with Gasteiger partial charge in [-0.3, -0.25) is 4.79 Å². The lowest BCUT2D eigenvalue weighted by Gasteiger charge is -2.25. The molecule has 1 aromatic heterocycles. The van der Waals surface area contributed by atoms with Gasteiger partial charge >= 0.3 is 0 Å². The largest absolute Gasteiger partial charge is 0.339 e. The maximum atomic E-state index is 12.5. The highest BCUT2D eigenvalue weighted by atomic mass is 16.5. The third-order valence-corrected chi connectivity index (χ3v) is 3.72. The molecule has 2 atom stereocenters. The van der Waals surface area contributed by atoms with Crippen LogP contribution in [0.4, 0.5) is 0 Å². The molecule has 20 heavy (non-hydrogen) atoms. The van der Waals surface area contributed by atoms with Crippen LogP contribution in [0, 0.1) is 5.92 Å². The molecule has 0 aliphatic carbocycles. The number of rotatable bonds is 5. The Kier molecular flexibility index (Phi) is 4.75. The zero-order chi connectivity index (χ0) is 14.7. The minimum Gasteiger partial charge on any atom is -0.339 e. The summed E-state index contributed by atoms with van der Waals surface area (Å²) in [6.07, 6.45) is 1.91. The Hall–Kier alpha value is -1.43. The standard InChI is InChI=1S/C14H24N4O2/c1-9(2)13-16-12(17-20-13)11-6-5-7-18(11)14(19)10(3)8-15-4/h9-11,15H,5-8H2,1-4H3. The van der Waals surface area contributed by atoms with Gasteiger partial charge in [-0.1, -0.05) is 25.9 Å². The topological polar surface area (TPSA) is 71.3 Å². The Morgan fingerprint density at radius 1 is 1.50 bits per heavy atom. The van der Waals surface area contributed by atoms with E-state index in [0.717, 1.165) is 19.4 Å². The normalized spacial score (nSPS) is 20.6. The van der Waals surface area contributed by atoms with E-state index in [1.165, 1.54) is 0 Å². The van der Waals surface area contributed by atoms with Gasteiger partial charge in [-0.15, -0.1) is 0 Å². The van der Waals surface area contributed by atoms with Crippen LogP contribution in [-0.4, -0.2) is 41.1 Å². The van der Waals surface area contributed by atoms with Gasteiger partial charge in [0.15, 0.2) is 5.82 Å². The zero-order valence-electron chi connectivity index (χ0n) is 12.7. The van der Waals surface area contributed by atoms with E-state index in [1.54, 1.807) is 0 Å². The van der Waals surface area contributed by atoms with Crippen LogP contribution in [0.1, 0.15) is 57.3 Å². The van der Waals surface area contributed by atoms with Crippen LogP contribution in [0.2, 0.25) is 0 Å². The van der Waals surface area contributed by atoms with Gasteiger partial charge in [0.2, 0.25) is 11.8 Å². The van der Waals surface area contributed by atoms with Crippen molar-refractivity contribution in [2.24, 2.45) is 5.92 Å². The van der Waals surface area contributed by atoms with E-state index in [1.807, 2.05) is 32.7 Å². The highest BCUT2D eigenvalue weighted by molar-refractivity contribution is 5.79. The number of nitrogens with zero attached hydrogens (tertiary/aromatic N) is 3. The van der Waals surface area contributed by atoms with Crippen molar-refractivity contribution >= 4 is 5.91 Å². The summed E-state index contributed by atoms with van der Waals surface area (Å²) in [6, 6.07) is -0.0296. The first-order chi connectivity index (χ1) is 9.54. The first-order valence-electron chi connectivity index (χ1n) is 7.33. The van der Waals surface area contributed by atoms with Crippen LogP contribution in [0.5, 0.6) is 0 Å². The molecule has 0 saturated carbocycles. The van der Waals surface area contributed by atoms with Crippen molar-refractivity contribution in [2.45, 2.75) is 45.6 Å². The number of hydrogen-bond acceptors (Lipinski definition) is 5. The first-order valence-corrected chi connectivity index (χ1v) is 7.33. The molecule has 1 aromatic rings. The molecule has 6 nitrogen and oxygen atoms in total. The minimum absolute atomic E-state index is 0.0296. The molecule has 2 rings (SSSR count). The highest BCUT2D eigenvalue weighted by Gasteiger charge is 2.35. The van der Waals surface area contributed by atoms with E-state index in [2.05, 4.69) is 15.5 Å². The monoisotopic (exact) mass is 280 g/mol. The van der Waals surface area contributed by atoms with Crippen molar-refractivity contribution in [2.75, 3.05) is 20.1 Å². The predicted octanol–water partition coefficient (Wildman–Crippen LogP) is 1.71. The fourth-order valence-electron chi connectivity index (χ4n) is 2.59. The van der Waals surface area contributed by atoms with E-state index in [0.29, 0.717) is 18.3 Å². The first kappa shape index (κ1) is 15.0. The summed E-state index contributed by atoms with van der Waals surface area (Å²) in [5.41, 5.74) is 0. The molecule has 2 heterocycles. The smallest absolute Gasteiger partial charge is 0.229 e. The molecular weight excluding hydrogens is 256 g/mol. The van der Waals surface area contributed by atoms with Crippen LogP contribution in [0.3, 0.4) is 0 Å². The maximum absolute atomic E-state index is 12.5. The maximum Gasteiger partial charge on any atom is 0.229 e. The van der Waals surface area contributed by atoms with Crippen LogP contribution >= 0.6 is 0 Å². The molecule has 0 radical (unpaired) electrons. The lowest BCUT2D eigenvalue weighted by molar-refractivity contribution is -0.136. The highest BCUT2D eigenvalue weighted by Crippen LogP contribution is 2.31. The molecule has 1 N–H and O–H groups in total. The SMILES string of the molecule is CNCC(C)C(=O)N1CCCC1c1noc(C(C)C)n1. The van der Waals surface area contributed by atoms with Crippen LogP contribution in [-0.2, 0) is 4.79 Å².